The Hall–Kier alpha value is -4.31. The average molecular weight is 482 g/mol. The summed E-state index contributed by atoms with van der Waals surface area (Å²) in [5.41, 5.74) is 1.44. The van der Waals surface area contributed by atoms with Crippen molar-refractivity contribution in [2.24, 2.45) is 0 Å². The number of aromatic hydroxyl groups is 5. The summed E-state index contributed by atoms with van der Waals surface area (Å²) >= 11 is 0. The fourth-order valence-electron chi connectivity index (χ4n) is 4.63. The summed E-state index contributed by atoms with van der Waals surface area (Å²) in [5, 5.41) is 61.1. The van der Waals surface area contributed by atoms with Gasteiger partial charge in [0.2, 0.25) is 0 Å². The third-order valence-electron chi connectivity index (χ3n) is 6.35. The first-order chi connectivity index (χ1) is 16.7. The number of benzene rings is 3. The van der Waals surface area contributed by atoms with E-state index in [2.05, 4.69) is 0 Å². The summed E-state index contributed by atoms with van der Waals surface area (Å²) in [5.74, 6) is -2.54. The van der Waals surface area contributed by atoms with Crippen molar-refractivity contribution < 1.29 is 49.6 Å². The van der Waals surface area contributed by atoms with Crippen LogP contribution >= 0.6 is 0 Å². The van der Waals surface area contributed by atoms with Crippen LogP contribution in [0.25, 0.3) is 0 Å². The van der Waals surface area contributed by atoms with E-state index in [1.54, 1.807) is 0 Å². The zero-order chi connectivity index (χ0) is 25.0. The zero-order valence-electron chi connectivity index (χ0n) is 18.4. The van der Waals surface area contributed by atoms with Gasteiger partial charge in [-0.25, -0.2) is 0 Å². The van der Waals surface area contributed by atoms with Gasteiger partial charge in [-0.15, -0.1) is 0 Å². The number of hydrogen-bond donors (Lipinski definition) is 6. The summed E-state index contributed by atoms with van der Waals surface area (Å²) in [4.78, 5) is 12.3. The van der Waals surface area contributed by atoms with Gasteiger partial charge in [0.1, 0.15) is 29.1 Å². The summed E-state index contributed by atoms with van der Waals surface area (Å²) in [6.45, 7) is 0. The number of ether oxygens (including phenoxy) is 3. The van der Waals surface area contributed by atoms with E-state index in [4.69, 9.17) is 14.2 Å². The summed E-state index contributed by atoms with van der Waals surface area (Å²) < 4.78 is 16.9. The topological polar surface area (TPSA) is 166 Å². The molecule has 2 aliphatic heterocycles. The minimum absolute atomic E-state index is 0.0145. The van der Waals surface area contributed by atoms with Gasteiger partial charge < -0.3 is 44.8 Å². The number of esters is 1. The van der Waals surface area contributed by atoms with Crippen molar-refractivity contribution in [1.82, 2.24) is 0 Å². The number of phenols is 5. The minimum Gasteiger partial charge on any atom is -0.507 e. The fraction of sp³-hybridized carbons (Fsp3) is 0.240. The molecule has 0 aliphatic carbocycles. The largest absolute Gasteiger partial charge is 0.507 e. The third-order valence-corrected chi connectivity index (χ3v) is 6.35. The Morgan fingerprint density at radius 2 is 1.63 bits per heavy atom. The van der Waals surface area contributed by atoms with Crippen molar-refractivity contribution in [3.8, 4) is 46.0 Å². The second-order valence-electron chi connectivity index (χ2n) is 8.49. The molecular formula is C25H22O10. The number of phenolic OH excluding ortho intramolecular Hbond substituents is 5. The van der Waals surface area contributed by atoms with Crippen LogP contribution < -0.4 is 9.47 Å². The van der Waals surface area contributed by atoms with Crippen LogP contribution in [0.3, 0.4) is 0 Å². The predicted octanol–water partition coefficient (Wildman–Crippen LogP) is 3.05. The van der Waals surface area contributed by atoms with Crippen LogP contribution in [0.5, 0.6) is 46.0 Å². The van der Waals surface area contributed by atoms with Crippen molar-refractivity contribution in [2.45, 2.75) is 31.0 Å². The highest BCUT2D eigenvalue weighted by molar-refractivity contribution is 5.75. The Balaban J connectivity index is 1.68. The lowest BCUT2D eigenvalue weighted by Gasteiger charge is -2.36. The molecule has 182 valence electrons. The monoisotopic (exact) mass is 482 g/mol. The molecule has 35 heavy (non-hydrogen) atoms. The minimum atomic E-state index is -1.10. The van der Waals surface area contributed by atoms with Gasteiger partial charge >= 0.3 is 5.97 Å². The van der Waals surface area contributed by atoms with Crippen molar-refractivity contribution in [3.05, 3.63) is 58.7 Å². The molecular weight excluding hydrogens is 460 g/mol. The highest BCUT2D eigenvalue weighted by Gasteiger charge is 2.40. The first-order valence-corrected chi connectivity index (χ1v) is 10.7. The normalized spacial score (nSPS) is 20.0. The SMILES string of the molecule is COC(=O)C[C@@H]1c2cc(O)c(O)cc2Oc2cc(O)c3c(c21)O[C@H](c1ccc(O)c(O)c1)[C@H](O)C3. The molecule has 6 N–H and O–H groups in total. The number of hydrogen-bond acceptors (Lipinski definition) is 10. The van der Waals surface area contributed by atoms with Gasteiger partial charge in [-0.3, -0.25) is 4.79 Å². The van der Waals surface area contributed by atoms with Gasteiger partial charge in [0.25, 0.3) is 0 Å². The van der Waals surface area contributed by atoms with Crippen molar-refractivity contribution in [1.29, 1.82) is 0 Å². The van der Waals surface area contributed by atoms with Gasteiger partial charge in [-0.05, 0) is 23.8 Å². The first kappa shape index (κ1) is 22.5. The molecule has 0 spiro atoms. The lowest BCUT2D eigenvalue weighted by atomic mass is 9.81. The number of carbonyl (C=O) groups excluding carboxylic acids is 1. The van der Waals surface area contributed by atoms with E-state index in [0.29, 0.717) is 22.3 Å². The zero-order valence-corrected chi connectivity index (χ0v) is 18.4. The molecule has 0 amide bonds. The highest BCUT2D eigenvalue weighted by Crippen LogP contribution is 2.56. The molecule has 10 nitrogen and oxygen atoms in total. The molecule has 3 atom stereocenters. The molecule has 0 radical (unpaired) electrons. The van der Waals surface area contributed by atoms with E-state index in [1.807, 2.05) is 0 Å². The summed E-state index contributed by atoms with van der Waals surface area (Å²) in [6, 6.07) is 7.86. The molecule has 3 aromatic rings. The molecule has 0 aromatic heterocycles. The molecule has 0 saturated carbocycles. The molecule has 3 aromatic carbocycles. The van der Waals surface area contributed by atoms with E-state index in [9.17, 15) is 35.4 Å². The maximum absolute atomic E-state index is 12.3. The highest BCUT2D eigenvalue weighted by atomic mass is 16.5. The van der Waals surface area contributed by atoms with Crippen LogP contribution in [0.4, 0.5) is 0 Å². The van der Waals surface area contributed by atoms with Crippen LogP contribution in [-0.2, 0) is 16.0 Å². The van der Waals surface area contributed by atoms with Crippen molar-refractivity contribution in [2.75, 3.05) is 7.11 Å². The molecule has 2 heterocycles. The summed E-state index contributed by atoms with van der Waals surface area (Å²) in [7, 11) is 1.24. The number of aliphatic hydroxyl groups excluding tert-OH is 1. The van der Waals surface area contributed by atoms with Gasteiger partial charge in [-0.1, -0.05) is 6.07 Å². The van der Waals surface area contributed by atoms with Gasteiger partial charge in [-0.2, -0.15) is 0 Å². The average Bonchev–Trinajstić information content (AvgIpc) is 2.82. The van der Waals surface area contributed by atoms with Crippen LogP contribution in [-0.4, -0.2) is 49.8 Å². The third kappa shape index (κ3) is 3.68. The maximum atomic E-state index is 12.3. The quantitative estimate of drug-likeness (QED) is 0.241. The molecule has 0 unspecified atom stereocenters. The lowest BCUT2D eigenvalue weighted by Crippen LogP contribution is -2.31. The van der Waals surface area contributed by atoms with E-state index >= 15 is 0 Å². The Labute approximate surface area is 198 Å². The smallest absolute Gasteiger partial charge is 0.306 e. The van der Waals surface area contributed by atoms with Gasteiger partial charge in [0, 0.05) is 41.2 Å². The number of carbonyl (C=O) groups is 1. The number of rotatable bonds is 3. The number of methoxy groups -OCH3 is 1. The van der Waals surface area contributed by atoms with Crippen LogP contribution in [0.1, 0.15) is 40.7 Å². The molecule has 2 aliphatic rings. The van der Waals surface area contributed by atoms with E-state index in [0.717, 1.165) is 0 Å². The van der Waals surface area contributed by atoms with Gasteiger partial charge in [0.15, 0.2) is 23.0 Å². The van der Waals surface area contributed by atoms with E-state index < -0.39 is 41.3 Å². The first-order valence-electron chi connectivity index (χ1n) is 10.7. The second kappa shape index (κ2) is 8.17. The predicted molar refractivity (Wildman–Crippen MR) is 119 cm³/mol. The molecule has 0 saturated heterocycles. The van der Waals surface area contributed by atoms with Gasteiger partial charge in [0.05, 0.1) is 19.6 Å². The molecule has 10 heteroatoms. The molecule has 0 bridgehead atoms. The van der Waals surface area contributed by atoms with Crippen LogP contribution in [0.15, 0.2) is 36.4 Å². The standard InChI is InChI=1S/C25H22O10/c1-33-22(32)7-12-11-5-17(29)18(30)9-20(11)34-21-8-15(27)13-6-19(31)24(35-25(13)23(12)21)10-2-3-14(26)16(28)4-10/h2-5,8-9,12,19,24,26-31H,6-7H2,1H3/t12-,19-,24-/m1/s1. The molecule has 5 rings (SSSR count). The molecule has 0 fully saturated rings. The van der Waals surface area contributed by atoms with Crippen LogP contribution in [0.2, 0.25) is 0 Å². The fourth-order valence-corrected chi connectivity index (χ4v) is 4.63. The second-order valence-corrected chi connectivity index (χ2v) is 8.49. The number of fused-ring (bicyclic) bond motifs is 4. The Morgan fingerprint density at radius 3 is 2.34 bits per heavy atom. The Morgan fingerprint density at radius 1 is 0.943 bits per heavy atom. The van der Waals surface area contributed by atoms with Crippen LogP contribution in [0, 0.1) is 0 Å². The Bertz CT molecular complexity index is 1350. The number of aliphatic hydroxyl groups is 1. The van der Waals surface area contributed by atoms with E-state index in [1.165, 1.54) is 43.5 Å². The van der Waals surface area contributed by atoms with Crippen molar-refractivity contribution in [3.63, 3.8) is 0 Å². The summed E-state index contributed by atoms with van der Waals surface area (Å²) in [6.07, 6.45) is -2.27. The van der Waals surface area contributed by atoms with Crippen molar-refractivity contribution >= 4 is 5.97 Å². The Kier molecular flexibility index (Phi) is 5.25. The maximum Gasteiger partial charge on any atom is 0.306 e. The lowest BCUT2D eigenvalue weighted by molar-refractivity contribution is -0.140. The van der Waals surface area contributed by atoms with E-state index in [-0.39, 0.29) is 41.6 Å².